The minimum Gasteiger partial charge on any atom is -0.395 e. The third kappa shape index (κ3) is 3.76. The zero-order chi connectivity index (χ0) is 15.2. The highest BCUT2D eigenvalue weighted by atomic mass is 32.2. The summed E-state index contributed by atoms with van der Waals surface area (Å²) >= 11 is 1.63. The van der Waals surface area contributed by atoms with E-state index in [1.54, 1.807) is 18.0 Å². The molecule has 2 rings (SSSR count). The quantitative estimate of drug-likeness (QED) is 0.589. The third-order valence-electron chi connectivity index (χ3n) is 3.25. The van der Waals surface area contributed by atoms with Crippen molar-refractivity contribution in [3.05, 3.63) is 6.20 Å². The topological polar surface area (TPSA) is 98.8 Å². The molecule has 0 saturated carbocycles. The van der Waals surface area contributed by atoms with Crippen LogP contribution in [0.5, 0.6) is 0 Å². The first-order valence-corrected chi connectivity index (χ1v) is 8.33. The molecule has 0 aliphatic heterocycles. The molecule has 2 heterocycles. The van der Waals surface area contributed by atoms with E-state index < -0.39 is 0 Å². The van der Waals surface area contributed by atoms with Gasteiger partial charge in [-0.1, -0.05) is 6.92 Å². The molecule has 0 aliphatic rings. The molecule has 0 bridgehead atoms. The zero-order valence-corrected chi connectivity index (χ0v) is 13.4. The molecule has 4 N–H and O–H groups in total. The molecule has 0 aromatic carbocycles. The third-order valence-corrected chi connectivity index (χ3v) is 4.41. The van der Waals surface area contributed by atoms with E-state index in [4.69, 9.17) is 0 Å². The Morgan fingerprint density at radius 3 is 2.90 bits per heavy atom. The van der Waals surface area contributed by atoms with Gasteiger partial charge in [-0.2, -0.15) is 26.8 Å². The Kier molecular flexibility index (Phi) is 5.63. The van der Waals surface area contributed by atoms with E-state index in [1.807, 2.05) is 13.2 Å². The van der Waals surface area contributed by atoms with Gasteiger partial charge in [-0.3, -0.25) is 5.10 Å². The standard InChI is InChI=1S/C13H22N6OS/c1-4-5-14-13-17-11(9-6-15-19-12(9)18-13)16-8(2)10(7-20)21-3/h6,8,10,20H,4-5,7H2,1-3H3,(H3,14,15,16,17,18,19). The van der Waals surface area contributed by atoms with E-state index in [2.05, 4.69) is 37.7 Å². The predicted octanol–water partition coefficient (Wildman–Crippen LogP) is 1.70. The van der Waals surface area contributed by atoms with Gasteiger partial charge >= 0.3 is 0 Å². The normalized spacial score (nSPS) is 14.1. The molecule has 0 aliphatic carbocycles. The molecule has 2 unspecified atom stereocenters. The maximum Gasteiger partial charge on any atom is 0.226 e. The summed E-state index contributed by atoms with van der Waals surface area (Å²) in [6.45, 7) is 5.06. The van der Waals surface area contributed by atoms with Crippen LogP contribution in [-0.4, -0.2) is 56.0 Å². The first-order valence-electron chi connectivity index (χ1n) is 7.04. The fourth-order valence-corrected chi connectivity index (χ4v) is 2.63. The van der Waals surface area contributed by atoms with Gasteiger partial charge < -0.3 is 15.7 Å². The van der Waals surface area contributed by atoms with Gasteiger partial charge in [0.25, 0.3) is 0 Å². The number of nitrogens with zero attached hydrogens (tertiary/aromatic N) is 3. The Bertz CT molecular complexity index is 571. The second-order valence-electron chi connectivity index (χ2n) is 4.84. The Labute approximate surface area is 128 Å². The van der Waals surface area contributed by atoms with Crippen molar-refractivity contribution in [1.29, 1.82) is 0 Å². The largest absolute Gasteiger partial charge is 0.395 e. The lowest BCUT2D eigenvalue weighted by Gasteiger charge is -2.22. The van der Waals surface area contributed by atoms with Crippen molar-refractivity contribution >= 4 is 34.6 Å². The van der Waals surface area contributed by atoms with Crippen molar-refractivity contribution in [2.75, 3.05) is 30.0 Å². The summed E-state index contributed by atoms with van der Waals surface area (Å²) in [5.74, 6) is 1.31. The number of hydrogen-bond acceptors (Lipinski definition) is 7. The van der Waals surface area contributed by atoms with Gasteiger partial charge in [-0.25, -0.2) is 0 Å². The molecule has 0 fully saturated rings. The van der Waals surface area contributed by atoms with Crippen LogP contribution in [0.2, 0.25) is 0 Å². The van der Waals surface area contributed by atoms with Gasteiger partial charge in [-0.05, 0) is 19.6 Å². The van der Waals surface area contributed by atoms with Crippen molar-refractivity contribution in [2.24, 2.45) is 0 Å². The number of aromatic nitrogens is 4. The van der Waals surface area contributed by atoms with Gasteiger partial charge in [0.1, 0.15) is 5.82 Å². The predicted molar refractivity (Wildman–Crippen MR) is 87.9 cm³/mol. The highest BCUT2D eigenvalue weighted by Gasteiger charge is 2.18. The summed E-state index contributed by atoms with van der Waals surface area (Å²) in [5, 5.41) is 23.8. The average molecular weight is 310 g/mol. The number of aliphatic hydroxyl groups is 1. The number of rotatable bonds is 8. The van der Waals surface area contributed by atoms with Gasteiger partial charge in [0.05, 0.1) is 18.2 Å². The summed E-state index contributed by atoms with van der Waals surface area (Å²) in [5.41, 5.74) is 0.697. The van der Waals surface area contributed by atoms with Crippen LogP contribution in [0.3, 0.4) is 0 Å². The molecule has 7 nitrogen and oxygen atoms in total. The van der Waals surface area contributed by atoms with Crippen LogP contribution < -0.4 is 10.6 Å². The lowest BCUT2D eigenvalue weighted by Crippen LogP contribution is -2.31. The number of aliphatic hydroxyl groups excluding tert-OH is 1. The summed E-state index contributed by atoms with van der Waals surface area (Å²) < 4.78 is 0. The first kappa shape index (κ1) is 15.8. The maximum absolute atomic E-state index is 9.39. The Morgan fingerprint density at radius 2 is 2.24 bits per heavy atom. The van der Waals surface area contributed by atoms with Crippen molar-refractivity contribution in [3.8, 4) is 0 Å². The lowest BCUT2D eigenvalue weighted by atomic mass is 10.2. The molecule has 8 heteroatoms. The number of fused-ring (bicyclic) bond motifs is 1. The van der Waals surface area contributed by atoms with Crippen LogP contribution in [0.4, 0.5) is 11.8 Å². The molecule has 0 radical (unpaired) electrons. The van der Waals surface area contributed by atoms with E-state index in [0.29, 0.717) is 11.6 Å². The fourth-order valence-electron chi connectivity index (χ4n) is 2.01. The zero-order valence-electron chi connectivity index (χ0n) is 12.6. The van der Waals surface area contributed by atoms with E-state index in [0.717, 1.165) is 24.2 Å². The van der Waals surface area contributed by atoms with Crippen LogP contribution in [0.25, 0.3) is 11.0 Å². The lowest BCUT2D eigenvalue weighted by molar-refractivity contribution is 0.288. The first-order chi connectivity index (χ1) is 10.2. The molecule has 0 spiro atoms. The van der Waals surface area contributed by atoms with Gasteiger partial charge in [0.2, 0.25) is 5.95 Å². The Balaban J connectivity index is 2.26. The minimum atomic E-state index is 0.0806. The molecular formula is C13H22N6OS. The number of thioether (sulfide) groups is 1. The van der Waals surface area contributed by atoms with Gasteiger partial charge in [-0.15, -0.1) is 0 Å². The van der Waals surface area contributed by atoms with Crippen LogP contribution in [0.1, 0.15) is 20.3 Å². The Morgan fingerprint density at radius 1 is 1.43 bits per heavy atom. The highest BCUT2D eigenvalue weighted by Crippen LogP contribution is 2.22. The average Bonchev–Trinajstić information content (AvgIpc) is 2.95. The molecule has 0 amide bonds. The van der Waals surface area contributed by atoms with Crippen molar-refractivity contribution in [2.45, 2.75) is 31.6 Å². The number of nitrogens with one attached hydrogen (secondary N) is 3. The molecule has 116 valence electrons. The highest BCUT2D eigenvalue weighted by molar-refractivity contribution is 7.99. The van der Waals surface area contributed by atoms with Crippen LogP contribution in [-0.2, 0) is 0 Å². The second kappa shape index (κ2) is 7.46. The molecule has 0 saturated heterocycles. The van der Waals surface area contributed by atoms with Crippen LogP contribution in [0.15, 0.2) is 6.20 Å². The molecule has 2 aromatic rings. The summed E-state index contributed by atoms with van der Waals surface area (Å²) in [4.78, 5) is 8.91. The minimum absolute atomic E-state index is 0.0806. The van der Waals surface area contributed by atoms with E-state index in [9.17, 15) is 5.11 Å². The fraction of sp³-hybridized carbons (Fsp3) is 0.615. The van der Waals surface area contributed by atoms with Crippen molar-refractivity contribution < 1.29 is 5.11 Å². The smallest absolute Gasteiger partial charge is 0.226 e. The van der Waals surface area contributed by atoms with Crippen LogP contribution >= 0.6 is 11.8 Å². The van der Waals surface area contributed by atoms with E-state index in [1.165, 1.54) is 0 Å². The summed E-state index contributed by atoms with van der Waals surface area (Å²) in [7, 11) is 0. The summed E-state index contributed by atoms with van der Waals surface area (Å²) in [6.07, 6.45) is 4.70. The van der Waals surface area contributed by atoms with Crippen molar-refractivity contribution in [3.63, 3.8) is 0 Å². The number of aromatic amines is 1. The van der Waals surface area contributed by atoms with Gasteiger partial charge in [0, 0.05) is 17.8 Å². The monoisotopic (exact) mass is 310 g/mol. The van der Waals surface area contributed by atoms with Crippen molar-refractivity contribution in [1.82, 2.24) is 20.2 Å². The Hall–Kier alpha value is -1.54. The maximum atomic E-state index is 9.39. The second-order valence-corrected chi connectivity index (χ2v) is 5.92. The van der Waals surface area contributed by atoms with E-state index in [-0.39, 0.29) is 17.9 Å². The van der Waals surface area contributed by atoms with Gasteiger partial charge in [0.15, 0.2) is 5.65 Å². The van der Waals surface area contributed by atoms with Crippen LogP contribution in [0, 0.1) is 0 Å². The number of anilines is 2. The number of hydrogen-bond donors (Lipinski definition) is 4. The molecular weight excluding hydrogens is 288 g/mol. The SMILES string of the molecule is CCCNc1nc(NC(C)C(CO)SC)c2cn[nH]c2n1. The molecule has 2 atom stereocenters. The van der Waals surface area contributed by atoms with E-state index >= 15 is 0 Å². The molecule has 2 aromatic heterocycles. The number of H-pyrrole nitrogens is 1. The molecule has 21 heavy (non-hydrogen) atoms. The summed E-state index contributed by atoms with van der Waals surface area (Å²) in [6, 6.07) is 0.0806.